The lowest BCUT2D eigenvalue weighted by Crippen LogP contribution is -1.84. The van der Waals surface area contributed by atoms with Crippen molar-refractivity contribution in [3.63, 3.8) is 0 Å². The first-order valence-electron chi connectivity index (χ1n) is 3.85. The number of halogens is 1. The predicted molar refractivity (Wildman–Crippen MR) is 51.4 cm³/mol. The lowest BCUT2D eigenvalue weighted by molar-refractivity contribution is 0.928. The number of nitrogens with zero attached hydrogens (tertiary/aromatic N) is 3. The van der Waals surface area contributed by atoms with Crippen molar-refractivity contribution in [1.82, 2.24) is 14.5 Å². The summed E-state index contributed by atoms with van der Waals surface area (Å²) in [6, 6.07) is 3.73. The first kappa shape index (κ1) is 8.26. The molecule has 0 amide bonds. The molecule has 0 aliphatic rings. The molecule has 4 heteroatoms. The highest BCUT2D eigenvalue weighted by Gasteiger charge is 2.00. The molecule has 0 fully saturated rings. The zero-order valence-corrected chi connectivity index (χ0v) is 7.86. The summed E-state index contributed by atoms with van der Waals surface area (Å²) < 4.78 is 1.96. The Bertz CT molecular complexity index is 422. The Hall–Kier alpha value is -1.35. The van der Waals surface area contributed by atoms with Crippen molar-refractivity contribution in [2.75, 3.05) is 0 Å². The number of hydrogen-bond donors (Lipinski definition) is 0. The highest BCUT2D eigenvalue weighted by molar-refractivity contribution is 6.29. The summed E-state index contributed by atoms with van der Waals surface area (Å²) in [5.41, 5.74) is 1.90. The van der Waals surface area contributed by atoms with E-state index in [1.54, 1.807) is 6.07 Å². The molecule has 0 unspecified atom stereocenters. The molecule has 0 radical (unpaired) electrons. The fraction of sp³-hybridized carbons (Fsp3) is 0.111. The zero-order valence-electron chi connectivity index (χ0n) is 7.11. The minimum absolute atomic E-state index is 0.467. The number of aromatic nitrogens is 3. The van der Waals surface area contributed by atoms with Gasteiger partial charge in [-0.2, -0.15) is 0 Å². The van der Waals surface area contributed by atoms with Gasteiger partial charge in [0.2, 0.25) is 0 Å². The van der Waals surface area contributed by atoms with Gasteiger partial charge >= 0.3 is 0 Å². The van der Waals surface area contributed by atoms with Crippen molar-refractivity contribution in [1.29, 1.82) is 0 Å². The Labute approximate surface area is 81.0 Å². The molecule has 2 aromatic rings. The van der Waals surface area contributed by atoms with Crippen LogP contribution in [0.4, 0.5) is 0 Å². The molecule has 0 aliphatic heterocycles. The highest BCUT2D eigenvalue weighted by atomic mass is 35.5. The molecule has 0 atom stereocenters. The number of hydrogen-bond acceptors (Lipinski definition) is 2. The SMILES string of the molecule is Cn1ccc(-c2cc(Cl)ncn2)c1. The lowest BCUT2D eigenvalue weighted by atomic mass is 10.2. The Morgan fingerprint density at radius 3 is 2.85 bits per heavy atom. The zero-order chi connectivity index (χ0) is 9.26. The van der Waals surface area contributed by atoms with E-state index in [0.717, 1.165) is 11.3 Å². The Morgan fingerprint density at radius 1 is 1.38 bits per heavy atom. The highest BCUT2D eigenvalue weighted by Crippen LogP contribution is 2.18. The average Bonchev–Trinajstić information content (AvgIpc) is 2.52. The van der Waals surface area contributed by atoms with Crippen molar-refractivity contribution in [3.8, 4) is 11.3 Å². The summed E-state index contributed by atoms with van der Waals surface area (Å²) >= 11 is 5.74. The predicted octanol–water partition coefficient (Wildman–Crippen LogP) is 2.14. The van der Waals surface area contributed by atoms with Gasteiger partial charge < -0.3 is 4.57 Å². The molecular weight excluding hydrogens is 186 g/mol. The van der Waals surface area contributed by atoms with Crippen molar-refractivity contribution in [2.45, 2.75) is 0 Å². The molecule has 0 saturated carbocycles. The summed E-state index contributed by atoms with van der Waals surface area (Å²) in [7, 11) is 1.96. The quantitative estimate of drug-likeness (QED) is 0.650. The summed E-state index contributed by atoms with van der Waals surface area (Å²) in [6.07, 6.45) is 5.41. The van der Waals surface area contributed by atoms with E-state index in [4.69, 9.17) is 11.6 Å². The van der Waals surface area contributed by atoms with Gasteiger partial charge in [0, 0.05) is 31.1 Å². The lowest BCUT2D eigenvalue weighted by Gasteiger charge is -1.95. The van der Waals surface area contributed by atoms with Gasteiger partial charge in [0.05, 0.1) is 5.69 Å². The molecule has 0 N–H and O–H groups in total. The van der Waals surface area contributed by atoms with Crippen LogP contribution in [-0.4, -0.2) is 14.5 Å². The smallest absolute Gasteiger partial charge is 0.133 e. The Kier molecular flexibility index (Phi) is 2.02. The maximum absolute atomic E-state index is 5.74. The van der Waals surface area contributed by atoms with Crippen LogP contribution in [0.3, 0.4) is 0 Å². The molecule has 0 spiro atoms. The normalized spacial score (nSPS) is 10.3. The minimum Gasteiger partial charge on any atom is -0.357 e. The third kappa shape index (κ3) is 1.70. The van der Waals surface area contributed by atoms with Crippen LogP contribution in [0.2, 0.25) is 5.15 Å². The first-order chi connectivity index (χ1) is 6.25. The molecule has 66 valence electrons. The Morgan fingerprint density at radius 2 is 2.23 bits per heavy atom. The number of rotatable bonds is 1. The molecule has 13 heavy (non-hydrogen) atoms. The van der Waals surface area contributed by atoms with E-state index in [0.29, 0.717) is 5.15 Å². The fourth-order valence-corrected chi connectivity index (χ4v) is 1.29. The van der Waals surface area contributed by atoms with E-state index in [1.807, 2.05) is 30.1 Å². The van der Waals surface area contributed by atoms with Crippen LogP contribution in [-0.2, 0) is 7.05 Å². The van der Waals surface area contributed by atoms with Gasteiger partial charge in [-0.15, -0.1) is 0 Å². The van der Waals surface area contributed by atoms with Crippen LogP contribution < -0.4 is 0 Å². The van der Waals surface area contributed by atoms with Gasteiger partial charge in [-0.3, -0.25) is 0 Å². The van der Waals surface area contributed by atoms with Crippen LogP contribution >= 0.6 is 11.6 Å². The third-order valence-corrected chi connectivity index (χ3v) is 1.97. The molecule has 0 bridgehead atoms. The Balaban J connectivity index is 2.46. The fourth-order valence-electron chi connectivity index (χ4n) is 1.15. The maximum Gasteiger partial charge on any atom is 0.133 e. The van der Waals surface area contributed by atoms with Crippen molar-refractivity contribution >= 4 is 11.6 Å². The molecule has 0 aromatic carbocycles. The number of aryl methyl sites for hydroxylation is 1. The average molecular weight is 194 g/mol. The van der Waals surface area contributed by atoms with Gasteiger partial charge in [0.1, 0.15) is 11.5 Å². The molecule has 2 heterocycles. The van der Waals surface area contributed by atoms with Gasteiger partial charge in [0.25, 0.3) is 0 Å². The van der Waals surface area contributed by atoms with E-state index >= 15 is 0 Å². The van der Waals surface area contributed by atoms with Gasteiger partial charge in [0.15, 0.2) is 0 Å². The molecule has 0 aliphatic carbocycles. The van der Waals surface area contributed by atoms with Crippen molar-refractivity contribution in [2.24, 2.45) is 7.05 Å². The third-order valence-electron chi connectivity index (χ3n) is 1.76. The van der Waals surface area contributed by atoms with Gasteiger partial charge in [-0.05, 0) is 6.07 Å². The summed E-state index contributed by atoms with van der Waals surface area (Å²) in [5, 5.41) is 0.467. The summed E-state index contributed by atoms with van der Waals surface area (Å²) in [5.74, 6) is 0. The summed E-state index contributed by atoms with van der Waals surface area (Å²) in [4.78, 5) is 7.93. The van der Waals surface area contributed by atoms with Crippen LogP contribution in [0.1, 0.15) is 0 Å². The van der Waals surface area contributed by atoms with Crippen LogP contribution in [0.15, 0.2) is 30.9 Å². The molecule has 0 saturated heterocycles. The maximum atomic E-state index is 5.74. The largest absolute Gasteiger partial charge is 0.357 e. The molecule has 3 nitrogen and oxygen atoms in total. The topological polar surface area (TPSA) is 30.7 Å². The van der Waals surface area contributed by atoms with E-state index in [9.17, 15) is 0 Å². The van der Waals surface area contributed by atoms with Crippen LogP contribution in [0, 0.1) is 0 Å². The second-order valence-corrected chi connectivity index (χ2v) is 3.18. The van der Waals surface area contributed by atoms with Gasteiger partial charge in [-0.1, -0.05) is 11.6 Å². The monoisotopic (exact) mass is 193 g/mol. The van der Waals surface area contributed by atoms with Gasteiger partial charge in [-0.25, -0.2) is 9.97 Å². The molecular formula is C9H8ClN3. The van der Waals surface area contributed by atoms with Crippen molar-refractivity contribution < 1.29 is 0 Å². The van der Waals surface area contributed by atoms with E-state index in [2.05, 4.69) is 9.97 Å². The molecule has 2 aromatic heterocycles. The first-order valence-corrected chi connectivity index (χ1v) is 4.23. The van der Waals surface area contributed by atoms with E-state index < -0.39 is 0 Å². The van der Waals surface area contributed by atoms with E-state index in [-0.39, 0.29) is 0 Å². The second kappa shape index (κ2) is 3.18. The van der Waals surface area contributed by atoms with Crippen molar-refractivity contribution in [3.05, 3.63) is 36.0 Å². The standard InChI is InChI=1S/C9H8ClN3/c1-13-3-2-7(5-13)8-4-9(10)12-6-11-8/h2-6H,1H3. The molecule has 2 rings (SSSR count). The van der Waals surface area contributed by atoms with E-state index in [1.165, 1.54) is 6.33 Å². The van der Waals surface area contributed by atoms with Crippen LogP contribution in [0.5, 0.6) is 0 Å². The van der Waals surface area contributed by atoms with Crippen LogP contribution in [0.25, 0.3) is 11.3 Å². The minimum atomic E-state index is 0.467. The summed E-state index contributed by atoms with van der Waals surface area (Å²) in [6.45, 7) is 0. The second-order valence-electron chi connectivity index (χ2n) is 2.79.